The number of ether oxygens (including phenoxy) is 3. The van der Waals surface area contributed by atoms with Gasteiger partial charge in [-0.1, -0.05) is 38.1 Å². The van der Waals surface area contributed by atoms with Gasteiger partial charge in [-0.2, -0.15) is 0 Å². The van der Waals surface area contributed by atoms with E-state index < -0.39 is 24.0 Å². The summed E-state index contributed by atoms with van der Waals surface area (Å²) in [5.41, 5.74) is 1.62. The number of aromatic hydroxyl groups is 1. The molecule has 2 aromatic rings. The van der Waals surface area contributed by atoms with Crippen molar-refractivity contribution in [1.29, 1.82) is 0 Å². The number of ketones is 1. The quantitative estimate of drug-likeness (QED) is 0.370. The maximum atomic E-state index is 13.4. The van der Waals surface area contributed by atoms with E-state index >= 15 is 0 Å². The molecule has 0 fully saturated rings. The standard InChI is InChI=1S/C31H36O7/c1-19(2)18-36-24-14-8-11-21(15-24)25-17-27(33)38-26-16-22-10-5-4-6-12-23(32)13-7-9-20(3)37-31(35)28(22)30(34)29(25)26/h5,8,10-11,14-16,19-20,25,34H,4,6-7,9,12-13,17-18H2,1-3H3/t20-,25+/m0/s1. The van der Waals surface area contributed by atoms with Crippen LogP contribution >= 0.6 is 0 Å². The molecule has 0 unspecified atom stereocenters. The highest BCUT2D eigenvalue weighted by atomic mass is 16.5. The number of phenols is 1. The van der Waals surface area contributed by atoms with E-state index in [1.165, 1.54) is 0 Å². The topological polar surface area (TPSA) is 99.1 Å². The molecule has 2 atom stereocenters. The Labute approximate surface area is 223 Å². The van der Waals surface area contributed by atoms with Gasteiger partial charge in [0.05, 0.1) is 19.1 Å². The van der Waals surface area contributed by atoms with Crippen molar-refractivity contribution < 1.29 is 33.7 Å². The minimum absolute atomic E-state index is 0.0162. The first kappa shape index (κ1) is 27.4. The van der Waals surface area contributed by atoms with Crippen molar-refractivity contribution in [3.63, 3.8) is 0 Å². The van der Waals surface area contributed by atoms with Crippen LogP contribution in [-0.4, -0.2) is 35.5 Å². The summed E-state index contributed by atoms with van der Waals surface area (Å²) in [7, 11) is 0. The Kier molecular flexibility index (Phi) is 8.87. The SMILES string of the molecule is CC(C)COc1cccc([C@H]2CC(=O)Oc3cc4c(c(O)c32)C(=O)O[C@@H](C)CCCC(=O)CCCC=C4)c1. The second-order valence-electron chi connectivity index (χ2n) is 10.6. The zero-order chi connectivity index (χ0) is 27.2. The third kappa shape index (κ3) is 6.63. The lowest BCUT2D eigenvalue weighted by atomic mass is 9.83. The molecule has 38 heavy (non-hydrogen) atoms. The van der Waals surface area contributed by atoms with Gasteiger partial charge in [0.15, 0.2) is 0 Å². The first-order chi connectivity index (χ1) is 18.2. The van der Waals surface area contributed by atoms with E-state index in [0.717, 1.165) is 5.56 Å². The molecule has 0 amide bonds. The highest BCUT2D eigenvalue weighted by molar-refractivity contribution is 5.98. The predicted molar refractivity (Wildman–Crippen MR) is 144 cm³/mol. The lowest BCUT2D eigenvalue weighted by Crippen LogP contribution is -2.23. The maximum absolute atomic E-state index is 13.4. The normalized spacial score (nSPS) is 20.7. The average Bonchev–Trinajstić information content (AvgIpc) is 2.86. The number of hydrogen-bond acceptors (Lipinski definition) is 7. The van der Waals surface area contributed by atoms with Crippen LogP contribution in [0.4, 0.5) is 0 Å². The molecule has 0 spiro atoms. The van der Waals surface area contributed by atoms with Gasteiger partial charge in [-0.15, -0.1) is 0 Å². The molecule has 2 aliphatic rings. The number of Topliss-reactive ketones (excluding diaryl/α,β-unsaturated/α-hetero) is 1. The van der Waals surface area contributed by atoms with Gasteiger partial charge in [-0.25, -0.2) is 4.79 Å². The lowest BCUT2D eigenvalue weighted by molar-refractivity contribution is -0.135. The number of rotatable bonds is 4. The summed E-state index contributed by atoms with van der Waals surface area (Å²) in [6.45, 7) is 6.46. The largest absolute Gasteiger partial charge is 0.507 e. The molecule has 7 nitrogen and oxygen atoms in total. The summed E-state index contributed by atoms with van der Waals surface area (Å²) in [6, 6.07) is 9.07. The lowest BCUT2D eigenvalue weighted by Gasteiger charge is -2.28. The molecule has 4 rings (SSSR count). The van der Waals surface area contributed by atoms with Crippen LogP contribution in [0, 0.1) is 5.92 Å². The Morgan fingerprint density at radius 3 is 2.68 bits per heavy atom. The van der Waals surface area contributed by atoms with Gasteiger partial charge in [-0.05, 0) is 67.9 Å². The Bertz CT molecular complexity index is 1230. The van der Waals surface area contributed by atoms with Crippen molar-refractivity contribution >= 4 is 23.8 Å². The highest BCUT2D eigenvalue weighted by Gasteiger charge is 2.35. The summed E-state index contributed by atoms with van der Waals surface area (Å²) in [4.78, 5) is 38.1. The van der Waals surface area contributed by atoms with E-state index in [-0.39, 0.29) is 29.3 Å². The summed E-state index contributed by atoms with van der Waals surface area (Å²) in [6.07, 6.45) is 6.67. The van der Waals surface area contributed by atoms with Crippen LogP contribution in [0.15, 0.2) is 36.4 Å². The molecule has 0 aliphatic carbocycles. The van der Waals surface area contributed by atoms with E-state index in [1.54, 1.807) is 19.1 Å². The number of benzene rings is 2. The predicted octanol–water partition coefficient (Wildman–Crippen LogP) is 6.35. The molecule has 202 valence electrons. The zero-order valence-electron chi connectivity index (χ0n) is 22.3. The van der Waals surface area contributed by atoms with Crippen molar-refractivity contribution in [1.82, 2.24) is 0 Å². The van der Waals surface area contributed by atoms with Crippen molar-refractivity contribution in [3.8, 4) is 17.2 Å². The van der Waals surface area contributed by atoms with E-state index in [4.69, 9.17) is 14.2 Å². The number of hydrogen-bond donors (Lipinski definition) is 1. The van der Waals surface area contributed by atoms with Gasteiger partial charge in [0.2, 0.25) is 0 Å². The third-order valence-electron chi connectivity index (χ3n) is 6.82. The third-order valence-corrected chi connectivity index (χ3v) is 6.82. The molecule has 2 heterocycles. The number of phenolic OH excluding ortho intramolecular Hbond substituents is 1. The van der Waals surface area contributed by atoms with Gasteiger partial charge in [-0.3, -0.25) is 9.59 Å². The molecule has 0 bridgehead atoms. The van der Waals surface area contributed by atoms with Crippen LogP contribution in [0.5, 0.6) is 17.2 Å². The Morgan fingerprint density at radius 1 is 1.11 bits per heavy atom. The highest BCUT2D eigenvalue weighted by Crippen LogP contribution is 2.47. The maximum Gasteiger partial charge on any atom is 0.342 e. The number of carbonyl (C=O) groups is 3. The molecule has 0 saturated heterocycles. The Morgan fingerprint density at radius 2 is 1.89 bits per heavy atom. The van der Waals surface area contributed by atoms with Gasteiger partial charge in [0.25, 0.3) is 0 Å². The number of cyclic esters (lactones) is 1. The summed E-state index contributed by atoms with van der Waals surface area (Å²) < 4.78 is 17.1. The molecular formula is C31H36O7. The molecule has 0 radical (unpaired) electrons. The molecule has 7 heteroatoms. The van der Waals surface area contributed by atoms with Crippen LogP contribution in [0.2, 0.25) is 0 Å². The Balaban J connectivity index is 1.77. The van der Waals surface area contributed by atoms with Gasteiger partial charge >= 0.3 is 11.9 Å². The summed E-state index contributed by atoms with van der Waals surface area (Å²) >= 11 is 0. The number of allylic oxidation sites excluding steroid dienone is 1. The number of carbonyl (C=O) groups excluding carboxylic acids is 3. The average molecular weight is 521 g/mol. The summed E-state index contributed by atoms with van der Waals surface area (Å²) in [5.74, 6) is -0.384. The van der Waals surface area contributed by atoms with Crippen LogP contribution in [0.25, 0.3) is 6.08 Å². The van der Waals surface area contributed by atoms with E-state index in [1.807, 2.05) is 30.3 Å². The fourth-order valence-electron chi connectivity index (χ4n) is 4.89. The number of fused-ring (bicyclic) bond motifs is 2. The molecule has 0 aromatic heterocycles. The Hall–Kier alpha value is -3.61. The monoisotopic (exact) mass is 520 g/mol. The van der Waals surface area contributed by atoms with Gasteiger partial charge in [0, 0.05) is 24.3 Å². The van der Waals surface area contributed by atoms with Crippen LogP contribution in [-0.2, 0) is 14.3 Å². The van der Waals surface area contributed by atoms with Gasteiger partial charge in [0.1, 0.15) is 28.6 Å². The first-order valence-electron chi connectivity index (χ1n) is 13.5. The van der Waals surface area contributed by atoms with E-state index in [2.05, 4.69) is 13.8 Å². The number of esters is 2. The van der Waals surface area contributed by atoms with E-state index in [0.29, 0.717) is 67.9 Å². The molecule has 0 saturated carbocycles. The van der Waals surface area contributed by atoms with Crippen LogP contribution in [0.1, 0.15) is 98.7 Å². The zero-order valence-corrected chi connectivity index (χ0v) is 22.3. The fraction of sp³-hybridized carbons (Fsp3) is 0.452. The second-order valence-corrected chi connectivity index (χ2v) is 10.6. The van der Waals surface area contributed by atoms with Crippen molar-refractivity contribution in [2.75, 3.05) is 6.61 Å². The smallest absolute Gasteiger partial charge is 0.342 e. The van der Waals surface area contributed by atoms with Crippen LogP contribution < -0.4 is 9.47 Å². The summed E-state index contributed by atoms with van der Waals surface area (Å²) in [5, 5.41) is 11.5. The molecule has 2 aliphatic heterocycles. The van der Waals surface area contributed by atoms with Crippen molar-refractivity contribution in [2.45, 2.75) is 77.7 Å². The van der Waals surface area contributed by atoms with Crippen molar-refractivity contribution in [2.24, 2.45) is 5.92 Å². The van der Waals surface area contributed by atoms with Crippen molar-refractivity contribution in [3.05, 3.63) is 58.7 Å². The fourth-order valence-corrected chi connectivity index (χ4v) is 4.89. The van der Waals surface area contributed by atoms with Crippen LogP contribution in [0.3, 0.4) is 0 Å². The second kappa shape index (κ2) is 12.3. The molecule has 2 aromatic carbocycles. The van der Waals surface area contributed by atoms with E-state index in [9.17, 15) is 19.5 Å². The van der Waals surface area contributed by atoms with Gasteiger partial charge < -0.3 is 19.3 Å². The minimum atomic E-state index is -0.648. The first-order valence-corrected chi connectivity index (χ1v) is 13.5. The minimum Gasteiger partial charge on any atom is -0.507 e. The molecular weight excluding hydrogens is 484 g/mol. The molecule has 1 N–H and O–H groups in total.